The predicted octanol–water partition coefficient (Wildman–Crippen LogP) is 4.23. The molecule has 34 heavy (non-hydrogen) atoms. The van der Waals surface area contributed by atoms with E-state index in [2.05, 4.69) is 60.2 Å². The van der Waals surface area contributed by atoms with Crippen LogP contribution in [0.2, 0.25) is 0 Å². The number of unbranched alkanes of at least 4 members (excludes halogenated alkanes) is 6. The third-order valence-electron chi connectivity index (χ3n) is 7.75. The van der Waals surface area contributed by atoms with E-state index < -0.39 is 0 Å². The number of carbonyl (C=O) groups is 2. The highest BCUT2D eigenvalue weighted by atomic mass is 16.2. The molecule has 3 aliphatic heterocycles. The monoisotopic (exact) mass is 469 g/mol. The standard InChI is InChI=1S/C27H43N5O2/c1-5-7-8-9-10-11-12-17-30-25(33)23-24(29(4)27(30)34)28-26-31(18-20(3)19-32(23)26)22-15-13-21(6-2)14-16-22/h13-16,20,23-24,26,28H,5-12,17-19H2,1-4H3. The number of nitrogens with zero attached hydrogens (tertiary/aromatic N) is 4. The molecule has 0 bridgehead atoms. The molecule has 7 nitrogen and oxygen atoms in total. The summed E-state index contributed by atoms with van der Waals surface area (Å²) in [6, 6.07) is 8.23. The number of imide groups is 1. The first kappa shape index (κ1) is 25.0. The van der Waals surface area contributed by atoms with Crippen LogP contribution in [-0.2, 0) is 11.2 Å². The van der Waals surface area contributed by atoms with Crippen LogP contribution in [0, 0.1) is 5.92 Å². The number of carbonyl (C=O) groups excluding carboxylic acids is 2. The zero-order valence-electron chi connectivity index (χ0n) is 21.5. The summed E-state index contributed by atoms with van der Waals surface area (Å²) < 4.78 is 0. The average molecular weight is 470 g/mol. The van der Waals surface area contributed by atoms with Gasteiger partial charge in [-0.05, 0) is 36.5 Å². The maximum Gasteiger partial charge on any atom is 0.327 e. The Morgan fingerprint density at radius 3 is 2.29 bits per heavy atom. The Kier molecular flexibility index (Phi) is 8.14. The lowest BCUT2D eigenvalue weighted by Gasteiger charge is -2.46. The maximum absolute atomic E-state index is 13.6. The van der Waals surface area contributed by atoms with Crippen LogP contribution in [0.3, 0.4) is 0 Å². The molecule has 4 rings (SSSR count). The molecule has 3 heterocycles. The van der Waals surface area contributed by atoms with E-state index in [9.17, 15) is 9.59 Å². The zero-order valence-corrected chi connectivity index (χ0v) is 21.5. The van der Waals surface area contributed by atoms with E-state index in [1.807, 2.05) is 7.05 Å². The topological polar surface area (TPSA) is 59.1 Å². The van der Waals surface area contributed by atoms with Crippen molar-refractivity contribution in [2.24, 2.45) is 5.92 Å². The van der Waals surface area contributed by atoms with Crippen molar-refractivity contribution in [3.63, 3.8) is 0 Å². The number of benzene rings is 1. The molecule has 7 heteroatoms. The third kappa shape index (κ3) is 4.96. The molecule has 188 valence electrons. The van der Waals surface area contributed by atoms with Gasteiger partial charge in [0.1, 0.15) is 18.5 Å². The van der Waals surface area contributed by atoms with Crippen molar-refractivity contribution < 1.29 is 9.59 Å². The Morgan fingerprint density at radius 2 is 1.62 bits per heavy atom. The van der Waals surface area contributed by atoms with Crippen LogP contribution in [0.4, 0.5) is 10.5 Å². The second kappa shape index (κ2) is 11.1. The fraction of sp³-hybridized carbons (Fsp3) is 0.704. The Hall–Kier alpha value is -2.12. The van der Waals surface area contributed by atoms with E-state index >= 15 is 0 Å². The van der Waals surface area contributed by atoms with Gasteiger partial charge in [-0.15, -0.1) is 0 Å². The molecule has 4 unspecified atom stereocenters. The fourth-order valence-corrected chi connectivity index (χ4v) is 5.78. The summed E-state index contributed by atoms with van der Waals surface area (Å²) in [5.74, 6) is 0.388. The second-order valence-corrected chi connectivity index (χ2v) is 10.4. The van der Waals surface area contributed by atoms with Crippen LogP contribution >= 0.6 is 0 Å². The van der Waals surface area contributed by atoms with Gasteiger partial charge in [-0.25, -0.2) is 4.79 Å². The first-order chi connectivity index (χ1) is 16.5. The molecular weight excluding hydrogens is 426 g/mol. The number of aryl methyl sites for hydroxylation is 1. The van der Waals surface area contributed by atoms with Crippen LogP contribution < -0.4 is 10.2 Å². The van der Waals surface area contributed by atoms with Crippen LogP contribution in [0.1, 0.15) is 71.3 Å². The molecule has 0 aromatic heterocycles. The minimum Gasteiger partial charge on any atom is -0.343 e. The van der Waals surface area contributed by atoms with Gasteiger partial charge in [-0.1, -0.05) is 71.4 Å². The van der Waals surface area contributed by atoms with Crippen molar-refractivity contribution in [3.8, 4) is 0 Å². The molecule has 1 N–H and O–H groups in total. The number of rotatable bonds is 10. The molecule has 3 amide bonds. The molecule has 3 aliphatic rings. The minimum absolute atomic E-state index is 0.0375. The smallest absolute Gasteiger partial charge is 0.327 e. The van der Waals surface area contributed by atoms with Gasteiger partial charge in [0.05, 0.1) is 0 Å². The highest BCUT2D eigenvalue weighted by Crippen LogP contribution is 2.34. The van der Waals surface area contributed by atoms with Crippen LogP contribution in [0.5, 0.6) is 0 Å². The number of urea groups is 1. The lowest BCUT2D eigenvalue weighted by Crippen LogP contribution is -2.66. The highest BCUT2D eigenvalue weighted by molar-refractivity contribution is 6.00. The number of fused-ring (bicyclic) bond motifs is 3. The van der Waals surface area contributed by atoms with E-state index in [1.165, 1.54) is 42.6 Å². The van der Waals surface area contributed by atoms with Gasteiger partial charge in [-0.2, -0.15) is 0 Å². The van der Waals surface area contributed by atoms with E-state index in [1.54, 1.807) is 4.90 Å². The third-order valence-corrected chi connectivity index (χ3v) is 7.75. The molecular formula is C27H43N5O2. The first-order valence-electron chi connectivity index (χ1n) is 13.4. The number of hydrogen-bond acceptors (Lipinski definition) is 5. The highest BCUT2D eigenvalue weighted by Gasteiger charge is 2.56. The fourth-order valence-electron chi connectivity index (χ4n) is 5.78. The van der Waals surface area contributed by atoms with E-state index in [0.717, 1.165) is 38.0 Å². The first-order valence-corrected chi connectivity index (χ1v) is 13.4. The molecule has 3 saturated heterocycles. The van der Waals surface area contributed by atoms with Gasteiger partial charge in [0.25, 0.3) is 5.91 Å². The summed E-state index contributed by atoms with van der Waals surface area (Å²) in [4.78, 5) is 34.7. The number of anilines is 1. The largest absolute Gasteiger partial charge is 0.343 e. The summed E-state index contributed by atoms with van der Waals surface area (Å²) in [5, 5.41) is 3.63. The van der Waals surface area contributed by atoms with Crippen LogP contribution in [-0.4, -0.2) is 71.8 Å². The summed E-state index contributed by atoms with van der Waals surface area (Å²) in [7, 11) is 1.83. The normalized spacial score (nSPS) is 27.4. The van der Waals surface area contributed by atoms with E-state index in [4.69, 9.17) is 0 Å². The number of amides is 3. The summed E-state index contributed by atoms with van der Waals surface area (Å²) in [6.07, 6.45) is 8.84. The number of likely N-dealkylation sites (N-methyl/N-ethyl adjacent to an activating group) is 1. The Bertz CT molecular complexity index is 844. The van der Waals surface area contributed by atoms with Gasteiger partial charge in [0.2, 0.25) is 0 Å². The van der Waals surface area contributed by atoms with Crippen LogP contribution in [0.15, 0.2) is 24.3 Å². The molecule has 0 spiro atoms. The Balaban J connectivity index is 1.45. The summed E-state index contributed by atoms with van der Waals surface area (Å²) in [6.45, 7) is 8.93. The molecule has 0 radical (unpaired) electrons. The van der Waals surface area contributed by atoms with Gasteiger partial charge in [0.15, 0.2) is 0 Å². The lowest BCUT2D eigenvalue weighted by molar-refractivity contribution is -0.138. The van der Waals surface area contributed by atoms with Crippen molar-refractivity contribution in [2.45, 2.75) is 90.6 Å². The molecule has 3 fully saturated rings. The minimum atomic E-state index is -0.336. The quantitative estimate of drug-likeness (QED) is 0.520. The van der Waals surface area contributed by atoms with Gasteiger partial charge >= 0.3 is 6.03 Å². The van der Waals surface area contributed by atoms with E-state index in [0.29, 0.717) is 12.5 Å². The molecule has 1 aromatic rings. The van der Waals surface area contributed by atoms with Crippen molar-refractivity contribution in [3.05, 3.63) is 29.8 Å². The lowest BCUT2D eigenvalue weighted by atomic mass is 10.0. The van der Waals surface area contributed by atoms with Crippen molar-refractivity contribution in [2.75, 3.05) is 31.6 Å². The average Bonchev–Trinajstić information content (AvgIpc) is 3.23. The van der Waals surface area contributed by atoms with Gasteiger partial charge in [-0.3, -0.25) is 19.9 Å². The van der Waals surface area contributed by atoms with Crippen molar-refractivity contribution in [1.82, 2.24) is 20.0 Å². The van der Waals surface area contributed by atoms with Gasteiger partial charge < -0.3 is 9.80 Å². The van der Waals surface area contributed by atoms with Crippen LogP contribution in [0.25, 0.3) is 0 Å². The summed E-state index contributed by atoms with van der Waals surface area (Å²) in [5.41, 5.74) is 2.48. The Morgan fingerprint density at radius 1 is 0.941 bits per heavy atom. The second-order valence-electron chi connectivity index (χ2n) is 10.4. The van der Waals surface area contributed by atoms with E-state index in [-0.39, 0.29) is 30.4 Å². The number of nitrogens with one attached hydrogen (secondary N) is 1. The Labute approximate surface area is 205 Å². The van der Waals surface area contributed by atoms with Crippen molar-refractivity contribution >= 4 is 17.6 Å². The number of hydrogen-bond donors (Lipinski definition) is 1. The summed E-state index contributed by atoms with van der Waals surface area (Å²) >= 11 is 0. The maximum atomic E-state index is 13.6. The SMILES string of the molecule is CCCCCCCCCN1C(=O)C2C(NC3N(c4ccc(CC)cc4)CC(C)CN23)N(C)C1=O. The van der Waals surface area contributed by atoms with Gasteiger partial charge in [0, 0.05) is 32.4 Å². The predicted molar refractivity (Wildman–Crippen MR) is 136 cm³/mol. The van der Waals surface area contributed by atoms with Crippen molar-refractivity contribution in [1.29, 1.82) is 0 Å². The zero-order chi connectivity index (χ0) is 24.2. The molecule has 0 saturated carbocycles. The molecule has 4 atom stereocenters. The molecule has 0 aliphatic carbocycles. The molecule has 1 aromatic carbocycles.